The molecule has 0 aromatic heterocycles. The molecule has 2 aromatic rings. The Labute approximate surface area is 125 Å². The number of nitrogens with zero attached hydrogens (tertiary/aromatic N) is 1. The second-order valence-electron chi connectivity index (χ2n) is 4.58. The Balaban J connectivity index is 2.04. The summed E-state index contributed by atoms with van der Waals surface area (Å²) in [6.07, 6.45) is 0. The molecule has 1 N–H and O–H groups in total. The normalized spacial score (nSPS) is 13.6. The number of fused-ring (bicyclic) bond motifs is 1. The third-order valence-electron chi connectivity index (χ3n) is 3.18. The molecule has 0 aliphatic carbocycles. The van der Waals surface area contributed by atoms with Crippen LogP contribution in [-0.2, 0) is 4.79 Å². The predicted octanol–water partition coefficient (Wildman–Crippen LogP) is 3.08. The third kappa shape index (κ3) is 2.48. The molecule has 0 saturated carbocycles. The van der Waals surface area contributed by atoms with E-state index in [1.54, 1.807) is 24.3 Å². The first-order valence-electron chi connectivity index (χ1n) is 6.22. The lowest BCUT2D eigenvalue weighted by Crippen LogP contribution is -2.42. The molecular formula is C15H10ClFN2O2. The van der Waals surface area contributed by atoms with Crippen LogP contribution in [0, 0.1) is 5.82 Å². The summed E-state index contributed by atoms with van der Waals surface area (Å²) in [7, 11) is 0. The van der Waals surface area contributed by atoms with Crippen molar-refractivity contribution in [2.75, 3.05) is 16.8 Å². The fraction of sp³-hybridized carbons (Fsp3) is 0.0667. The van der Waals surface area contributed by atoms with Crippen LogP contribution in [0.15, 0.2) is 42.5 Å². The van der Waals surface area contributed by atoms with E-state index in [1.807, 2.05) is 0 Å². The van der Waals surface area contributed by atoms with Crippen molar-refractivity contribution in [2.24, 2.45) is 0 Å². The molecule has 4 nitrogen and oxygen atoms in total. The lowest BCUT2D eigenvalue weighted by Gasteiger charge is -2.29. The smallest absolute Gasteiger partial charge is 0.260 e. The molecule has 21 heavy (non-hydrogen) atoms. The predicted molar refractivity (Wildman–Crippen MR) is 78.2 cm³/mol. The van der Waals surface area contributed by atoms with Crippen LogP contribution in [-0.4, -0.2) is 18.4 Å². The minimum atomic E-state index is -0.520. The highest BCUT2D eigenvalue weighted by molar-refractivity contribution is 6.35. The maximum atomic E-state index is 13.1. The van der Waals surface area contributed by atoms with Crippen LogP contribution in [0.1, 0.15) is 10.4 Å². The van der Waals surface area contributed by atoms with Crippen LogP contribution < -0.4 is 10.2 Å². The zero-order chi connectivity index (χ0) is 15.0. The number of rotatable bonds is 1. The number of anilines is 2. The Morgan fingerprint density at radius 1 is 1.24 bits per heavy atom. The summed E-state index contributed by atoms with van der Waals surface area (Å²) in [5, 5.41) is 2.71. The minimum absolute atomic E-state index is 0.0171. The van der Waals surface area contributed by atoms with Crippen LogP contribution in [0.5, 0.6) is 0 Å². The largest absolute Gasteiger partial charge is 0.323 e. The molecule has 0 bridgehead atoms. The fourth-order valence-corrected chi connectivity index (χ4v) is 2.47. The van der Waals surface area contributed by atoms with Gasteiger partial charge in [-0.3, -0.25) is 14.5 Å². The number of hydrogen-bond donors (Lipinski definition) is 1. The maximum absolute atomic E-state index is 13.1. The van der Waals surface area contributed by atoms with E-state index in [0.29, 0.717) is 11.4 Å². The van der Waals surface area contributed by atoms with E-state index >= 15 is 0 Å². The molecule has 3 rings (SSSR count). The molecule has 2 amide bonds. The summed E-state index contributed by atoms with van der Waals surface area (Å²) < 4.78 is 13.1. The van der Waals surface area contributed by atoms with E-state index in [0.717, 1.165) is 12.1 Å². The first kappa shape index (κ1) is 13.6. The van der Waals surface area contributed by atoms with E-state index in [9.17, 15) is 14.0 Å². The van der Waals surface area contributed by atoms with Gasteiger partial charge in [0.25, 0.3) is 5.91 Å². The molecule has 2 aromatic carbocycles. The van der Waals surface area contributed by atoms with Gasteiger partial charge < -0.3 is 5.32 Å². The second-order valence-corrected chi connectivity index (χ2v) is 4.99. The second kappa shape index (κ2) is 5.18. The average Bonchev–Trinajstić information content (AvgIpc) is 2.45. The molecule has 1 aliphatic heterocycles. The molecule has 0 saturated heterocycles. The SMILES string of the molecule is O=C1CN(C(=O)c2ccc(F)cc2Cl)c2ccccc2N1. The molecule has 106 valence electrons. The lowest BCUT2D eigenvalue weighted by molar-refractivity contribution is -0.115. The molecular weight excluding hydrogens is 295 g/mol. The summed E-state index contributed by atoms with van der Waals surface area (Å²) in [6, 6.07) is 10.5. The van der Waals surface area contributed by atoms with E-state index in [2.05, 4.69) is 5.32 Å². The van der Waals surface area contributed by atoms with Crippen molar-refractivity contribution in [1.29, 1.82) is 0 Å². The molecule has 0 spiro atoms. The highest BCUT2D eigenvalue weighted by atomic mass is 35.5. The number of carbonyl (C=O) groups excluding carboxylic acids is 2. The number of carbonyl (C=O) groups is 2. The maximum Gasteiger partial charge on any atom is 0.260 e. The van der Waals surface area contributed by atoms with Gasteiger partial charge >= 0.3 is 0 Å². The zero-order valence-corrected chi connectivity index (χ0v) is 11.5. The Morgan fingerprint density at radius 3 is 2.76 bits per heavy atom. The Kier molecular flexibility index (Phi) is 3.35. The third-order valence-corrected chi connectivity index (χ3v) is 3.49. The topological polar surface area (TPSA) is 49.4 Å². The summed E-state index contributed by atoms with van der Waals surface area (Å²) in [6.45, 7) is -0.108. The van der Waals surface area contributed by atoms with Crippen molar-refractivity contribution >= 4 is 34.8 Å². The van der Waals surface area contributed by atoms with Crippen LogP contribution in [0.25, 0.3) is 0 Å². The molecule has 0 atom stereocenters. The lowest BCUT2D eigenvalue weighted by atomic mass is 10.1. The van der Waals surface area contributed by atoms with Crippen molar-refractivity contribution in [3.8, 4) is 0 Å². The standard InChI is InChI=1S/C15H10ClFN2O2/c16-11-7-9(17)5-6-10(11)15(21)19-8-14(20)18-12-3-1-2-4-13(12)19/h1-7H,8H2,(H,18,20). The number of hydrogen-bond acceptors (Lipinski definition) is 2. The summed E-state index contributed by atoms with van der Waals surface area (Å²) in [4.78, 5) is 25.6. The van der Waals surface area contributed by atoms with Gasteiger partial charge in [0.05, 0.1) is 22.0 Å². The molecule has 6 heteroatoms. The minimum Gasteiger partial charge on any atom is -0.323 e. The molecule has 1 heterocycles. The molecule has 0 fully saturated rings. The summed E-state index contributed by atoms with van der Waals surface area (Å²) in [5.74, 6) is -1.25. The highest BCUT2D eigenvalue weighted by Crippen LogP contribution is 2.31. The van der Waals surface area contributed by atoms with E-state index in [4.69, 9.17) is 11.6 Å². The van der Waals surface area contributed by atoms with Gasteiger partial charge in [-0.05, 0) is 30.3 Å². The Hall–Kier alpha value is -2.40. The number of para-hydroxylation sites is 2. The van der Waals surface area contributed by atoms with Crippen LogP contribution in [0.4, 0.5) is 15.8 Å². The Morgan fingerprint density at radius 2 is 2.00 bits per heavy atom. The number of benzene rings is 2. The molecule has 0 radical (unpaired) electrons. The van der Waals surface area contributed by atoms with Crippen LogP contribution in [0.3, 0.4) is 0 Å². The molecule has 0 unspecified atom stereocenters. The fourth-order valence-electron chi connectivity index (χ4n) is 2.22. The monoisotopic (exact) mass is 304 g/mol. The summed E-state index contributed by atoms with van der Waals surface area (Å²) in [5.41, 5.74) is 1.30. The van der Waals surface area contributed by atoms with Gasteiger partial charge in [0.2, 0.25) is 5.91 Å². The van der Waals surface area contributed by atoms with E-state index < -0.39 is 11.7 Å². The van der Waals surface area contributed by atoms with Crippen LogP contribution >= 0.6 is 11.6 Å². The van der Waals surface area contributed by atoms with E-state index in [-0.39, 0.29) is 23.0 Å². The first-order valence-corrected chi connectivity index (χ1v) is 6.60. The van der Waals surface area contributed by atoms with Crippen LogP contribution in [0.2, 0.25) is 5.02 Å². The van der Waals surface area contributed by atoms with Gasteiger partial charge in [-0.2, -0.15) is 0 Å². The number of nitrogens with one attached hydrogen (secondary N) is 1. The first-order chi connectivity index (χ1) is 10.1. The van der Waals surface area contributed by atoms with Crippen molar-refractivity contribution in [2.45, 2.75) is 0 Å². The number of amides is 2. The Bertz CT molecular complexity index is 748. The van der Waals surface area contributed by atoms with Gasteiger partial charge in [-0.1, -0.05) is 23.7 Å². The quantitative estimate of drug-likeness (QED) is 0.880. The van der Waals surface area contributed by atoms with Crippen molar-refractivity contribution in [3.63, 3.8) is 0 Å². The van der Waals surface area contributed by atoms with Crippen molar-refractivity contribution in [3.05, 3.63) is 58.9 Å². The van der Waals surface area contributed by atoms with Crippen molar-refractivity contribution < 1.29 is 14.0 Å². The number of halogens is 2. The summed E-state index contributed by atoms with van der Waals surface area (Å²) >= 11 is 5.92. The van der Waals surface area contributed by atoms with Gasteiger partial charge in [-0.25, -0.2) is 4.39 Å². The van der Waals surface area contributed by atoms with Gasteiger partial charge in [0.15, 0.2) is 0 Å². The van der Waals surface area contributed by atoms with E-state index in [1.165, 1.54) is 11.0 Å². The molecule has 1 aliphatic rings. The van der Waals surface area contributed by atoms with Gasteiger partial charge in [-0.15, -0.1) is 0 Å². The van der Waals surface area contributed by atoms with Gasteiger partial charge in [0, 0.05) is 0 Å². The van der Waals surface area contributed by atoms with Crippen molar-refractivity contribution in [1.82, 2.24) is 0 Å². The van der Waals surface area contributed by atoms with Gasteiger partial charge in [0.1, 0.15) is 12.4 Å². The zero-order valence-electron chi connectivity index (χ0n) is 10.8. The average molecular weight is 305 g/mol. The highest BCUT2D eigenvalue weighted by Gasteiger charge is 2.28.